The fourth-order valence-electron chi connectivity index (χ4n) is 4.64. The summed E-state index contributed by atoms with van der Waals surface area (Å²) in [5, 5.41) is 0. The number of hydrogen-bond donors (Lipinski definition) is 0. The summed E-state index contributed by atoms with van der Waals surface area (Å²) < 4.78 is 10.5. The van der Waals surface area contributed by atoms with Crippen molar-refractivity contribution in [3.8, 4) is 0 Å². The van der Waals surface area contributed by atoms with Gasteiger partial charge in [-0.1, -0.05) is 103 Å². The summed E-state index contributed by atoms with van der Waals surface area (Å²) in [4.78, 5) is 0. The summed E-state index contributed by atoms with van der Waals surface area (Å²) in [7, 11) is 3.47. The van der Waals surface area contributed by atoms with Gasteiger partial charge in [0, 0.05) is 14.2 Å². The molecule has 0 aliphatic heterocycles. The molecular formula is C23H46O2. The van der Waals surface area contributed by atoms with E-state index in [4.69, 9.17) is 9.47 Å². The molecule has 0 aromatic heterocycles. The average Bonchev–Trinajstić information content (AvgIpc) is 3.08. The summed E-state index contributed by atoms with van der Waals surface area (Å²) in [6.45, 7) is 2.30. The molecule has 2 nitrogen and oxygen atoms in total. The van der Waals surface area contributed by atoms with Crippen molar-refractivity contribution in [2.24, 2.45) is 11.8 Å². The molecule has 1 aliphatic rings. The van der Waals surface area contributed by atoms with E-state index < -0.39 is 0 Å². The summed E-state index contributed by atoms with van der Waals surface area (Å²) >= 11 is 0. The molecular weight excluding hydrogens is 308 g/mol. The van der Waals surface area contributed by atoms with Gasteiger partial charge >= 0.3 is 0 Å². The van der Waals surface area contributed by atoms with Gasteiger partial charge in [0.05, 0.1) is 0 Å². The topological polar surface area (TPSA) is 18.5 Å². The van der Waals surface area contributed by atoms with Crippen molar-refractivity contribution in [3.63, 3.8) is 0 Å². The Kier molecular flexibility index (Phi) is 14.8. The Morgan fingerprint density at radius 1 is 0.680 bits per heavy atom. The second kappa shape index (κ2) is 16.1. The highest BCUT2D eigenvalue weighted by Crippen LogP contribution is 2.38. The Morgan fingerprint density at radius 2 is 1.16 bits per heavy atom. The molecule has 0 aromatic rings. The molecule has 1 saturated carbocycles. The third-order valence-corrected chi connectivity index (χ3v) is 6.29. The molecule has 1 rings (SSSR count). The standard InChI is InChI=1S/C23H46O2/c1-4-5-6-7-9-12-16-21-18-15-19-22(21)17-13-10-8-11-14-20-23(24-2)25-3/h21-23H,4-20H2,1-3H3/t21-,22-/m0/s1. The first-order valence-corrected chi connectivity index (χ1v) is 11.4. The van der Waals surface area contributed by atoms with E-state index >= 15 is 0 Å². The van der Waals surface area contributed by atoms with E-state index in [2.05, 4.69) is 6.92 Å². The molecule has 2 atom stereocenters. The maximum Gasteiger partial charge on any atom is 0.156 e. The van der Waals surface area contributed by atoms with Crippen molar-refractivity contribution in [1.82, 2.24) is 0 Å². The summed E-state index contributed by atoms with van der Waals surface area (Å²) in [6, 6.07) is 0. The predicted octanol–water partition coefficient (Wildman–Crippen LogP) is 7.50. The third-order valence-electron chi connectivity index (χ3n) is 6.29. The molecule has 0 bridgehead atoms. The molecule has 150 valence electrons. The molecule has 0 heterocycles. The number of unbranched alkanes of at least 4 members (excludes halogenated alkanes) is 9. The van der Waals surface area contributed by atoms with Crippen molar-refractivity contribution in [2.75, 3.05) is 14.2 Å². The molecule has 0 N–H and O–H groups in total. The molecule has 0 saturated heterocycles. The van der Waals surface area contributed by atoms with E-state index in [1.165, 1.54) is 103 Å². The lowest BCUT2D eigenvalue weighted by atomic mass is 9.86. The van der Waals surface area contributed by atoms with E-state index in [0.29, 0.717) is 0 Å². The number of hydrogen-bond acceptors (Lipinski definition) is 2. The molecule has 0 aromatic carbocycles. The van der Waals surface area contributed by atoms with Crippen molar-refractivity contribution >= 4 is 0 Å². The van der Waals surface area contributed by atoms with Crippen LogP contribution in [-0.4, -0.2) is 20.5 Å². The zero-order valence-electron chi connectivity index (χ0n) is 17.6. The first-order chi connectivity index (χ1) is 12.3. The lowest BCUT2D eigenvalue weighted by Gasteiger charge is -2.19. The normalized spacial score (nSPS) is 20.6. The minimum atomic E-state index is 0.00113. The van der Waals surface area contributed by atoms with Gasteiger partial charge in [0.15, 0.2) is 6.29 Å². The largest absolute Gasteiger partial charge is 0.356 e. The Hall–Kier alpha value is -0.0800. The van der Waals surface area contributed by atoms with Gasteiger partial charge in [-0.3, -0.25) is 0 Å². The first kappa shape index (κ1) is 23.0. The predicted molar refractivity (Wildman–Crippen MR) is 109 cm³/mol. The van der Waals surface area contributed by atoms with Gasteiger partial charge in [0.25, 0.3) is 0 Å². The lowest BCUT2D eigenvalue weighted by Crippen LogP contribution is -2.12. The fraction of sp³-hybridized carbons (Fsp3) is 1.00. The number of methoxy groups -OCH3 is 2. The second-order valence-corrected chi connectivity index (χ2v) is 8.25. The fourth-order valence-corrected chi connectivity index (χ4v) is 4.64. The smallest absolute Gasteiger partial charge is 0.156 e. The summed E-state index contributed by atoms with van der Waals surface area (Å²) in [5.74, 6) is 2.12. The Labute approximate surface area is 158 Å². The van der Waals surface area contributed by atoms with E-state index in [9.17, 15) is 0 Å². The molecule has 0 spiro atoms. The Balaban J connectivity index is 1.96. The van der Waals surface area contributed by atoms with Crippen LogP contribution in [0.3, 0.4) is 0 Å². The van der Waals surface area contributed by atoms with Gasteiger partial charge in [-0.25, -0.2) is 0 Å². The summed E-state index contributed by atoms with van der Waals surface area (Å²) in [5.41, 5.74) is 0. The molecule has 1 aliphatic carbocycles. The minimum absolute atomic E-state index is 0.00113. The maximum absolute atomic E-state index is 5.24. The first-order valence-electron chi connectivity index (χ1n) is 11.4. The van der Waals surface area contributed by atoms with Gasteiger partial charge in [-0.2, -0.15) is 0 Å². The molecule has 1 fully saturated rings. The van der Waals surface area contributed by atoms with Crippen LogP contribution in [0.2, 0.25) is 0 Å². The van der Waals surface area contributed by atoms with Crippen LogP contribution in [-0.2, 0) is 9.47 Å². The van der Waals surface area contributed by atoms with Crippen molar-refractivity contribution in [3.05, 3.63) is 0 Å². The van der Waals surface area contributed by atoms with E-state index in [-0.39, 0.29) is 6.29 Å². The zero-order chi connectivity index (χ0) is 18.2. The molecule has 0 amide bonds. The van der Waals surface area contributed by atoms with Gasteiger partial charge < -0.3 is 9.47 Å². The van der Waals surface area contributed by atoms with Crippen LogP contribution in [0.4, 0.5) is 0 Å². The minimum Gasteiger partial charge on any atom is -0.356 e. The van der Waals surface area contributed by atoms with Gasteiger partial charge in [-0.05, 0) is 24.7 Å². The van der Waals surface area contributed by atoms with Crippen LogP contribution in [0.5, 0.6) is 0 Å². The van der Waals surface area contributed by atoms with E-state index in [1.54, 1.807) is 14.2 Å². The van der Waals surface area contributed by atoms with Gasteiger partial charge in [-0.15, -0.1) is 0 Å². The Morgan fingerprint density at radius 3 is 1.68 bits per heavy atom. The van der Waals surface area contributed by atoms with Gasteiger partial charge in [0.2, 0.25) is 0 Å². The van der Waals surface area contributed by atoms with Crippen LogP contribution in [0.25, 0.3) is 0 Å². The Bertz CT molecular complexity index is 275. The summed E-state index contributed by atoms with van der Waals surface area (Å²) in [6.07, 6.45) is 24.1. The van der Waals surface area contributed by atoms with Crippen LogP contribution >= 0.6 is 0 Å². The van der Waals surface area contributed by atoms with Crippen LogP contribution < -0.4 is 0 Å². The van der Waals surface area contributed by atoms with Crippen molar-refractivity contribution < 1.29 is 9.47 Å². The van der Waals surface area contributed by atoms with E-state index in [1.807, 2.05) is 0 Å². The monoisotopic (exact) mass is 354 g/mol. The van der Waals surface area contributed by atoms with Crippen molar-refractivity contribution in [1.29, 1.82) is 0 Å². The number of ether oxygens (including phenoxy) is 2. The molecule has 0 unspecified atom stereocenters. The maximum atomic E-state index is 5.24. The SMILES string of the molecule is CCCCCCCC[C@H]1CCC[C@@H]1CCCCCCCC(OC)OC. The average molecular weight is 355 g/mol. The van der Waals surface area contributed by atoms with E-state index in [0.717, 1.165) is 18.3 Å². The quantitative estimate of drug-likeness (QED) is 0.199. The van der Waals surface area contributed by atoms with Crippen LogP contribution in [0.15, 0.2) is 0 Å². The highest BCUT2D eigenvalue weighted by Gasteiger charge is 2.25. The number of rotatable bonds is 17. The van der Waals surface area contributed by atoms with Crippen LogP contribution in [0.1, 0.15) is 116 Å². The zero-order valence-corrected chi connectivity index (χ0v) is 17.6. The third kappa shape index (κ3) is 11.3. The highest BCUT2D eigenvalue weighted by molar-refractivity contribution is 4.77. The van der Waals surface area contributed by atoms with Crippen LogP contribution in [0, 0.1) is 11.8 Å². The second-order valence-electron chi connectivity index (χ2n) is 8.25. The molecule has 0 radical (unpaired) electrons. The lowest BCUT2D eigenvalue weighted by molar-refractivity contribution is -0.107. The van der Waals surface area contributed by atoms with Gasteiger partial charge in [0.1, 0.15) is 0 Å². The highest BCUT2D eigenvalue weighted by atomic mass is 16.7. The van der Waals surface area contributed by atoms with Crippen molar-refractivity contribution in [2.45, 2.75) is 122 Å². The molecule has 25 heavy (non-hydrogen) atoms. The molecule has 2 heteroatoms.